The Morgan fingerprint density at radius 1 is 1.21 bits per heavy atom. The minimum atomic E-state index is -0.957. The Bertz CT molecular complexity index is 616. The van der Waals surface area contributed by atoms with Crippen molar-refractivity contribution < 1.29 is 19.4 Å². The van der Waals surface area contributed by atoms with E-state index in [-0.39, 0.29) is 5.56 Å². The van der Waals surface area contributed by atoms with Gasteiger partial charge in [-0.25, -0.2) is 4.79 Å². The summed E-state index contributed by atoms with van der Waals surface area (Å²) in [4.78, 5) is 14.1. The normalized spacial score (nSPS) is 10.3. The number of carbonyl (C=O) groups is 1. The zero-order chi connectivity index (χ0) is 14.0. The molecule has 1 aromatic carbocycles. The van der Waals surface area contributed by atoms with Gasteiger partial charge in [0.1, 0.15) is 11.5 Å². The predicted molar refractivity (Wildman–Crippen MR) is 71.0 cm³/mol. The molecule has 5 heteroatoms. The van der Waals surface area contributed by atoms with Crippen LogP contribution in [0.25, 0.3) is 11.3 Å². The smallest absolute Gasteiger partial charge is 0.337 e. The highest BCUT2D eigenvalue weighted by Crippen LogP contribution is 2.33. The first kappa shape index (κ1) is 13.0. The third-order valence-corrected chi connectivity index (χ3v) is 2.94. The van der Waals surface area contributed by atoms with E-state index in [2.05, 4.69) is 4.98 Å². The molecule has 0 aliphatic rings. The van der Waals surface area contributed by atoms with Crippen LogP contribution < -0.4 is 9.47 Å². The summed E-state index contributed by atoms with van der Waals surface area (Å²) in [5.74, 6) is 0.376. The van der Waals surface area contributed by atoms with Crippen LogP contribution in [0.15, 0.2) is 24.3 Å². The van der Waals surface area contributed by atoms with E-state index in [0.717, 1.165) is 5.56 Å². The van der Waals surface area contributed by atoms with Crippen LogP contribution in [0.2, 0.25) is 0 Å². The molecule has 1 heterocycles. The van der Waals surface area contributed by atoms with Gasteiger partial charge >= 0.3 is 5.97 Å². The zero-order valence-electron chi connectivity index (χ0n) is 11.0. The number of aryl methyl sites for hydroxylation is 1. The van der Waals surface area contributed by atoms with Gasteiger partial charge in [0.25, 0.3) is 0 Å². The maximum atomic E-state index is 11.1. The lowest BCUT2D eigenvalue weighted by atomic mass is 10.1. The summed E-state index contributed by atoms with van der Waals surface area (Å²) in [6, 6.07) is 6.96. The molecule has 5 nitrogen and oxygen atoms in total. The van der Waals surface area contributed by atoms with Crippen molar-refractivity contribution in [1.29, 1.82) is 0 Å². The Labute approximate surface area is 110 Å². The van der Waals surface area contributed by atoms with Crippen LogP contribution in [-0.4, -0.2) is 30.3 Å². The average molecular weight is 261 g/mol. The minimum absolute atomic E-state index is 0.250. The Morgan fingerprint density at radius 2 is 1.95 bits per heavy atom. The van der Waals surface area contributed by atoms with Gasteiger partial charge in [0.15, 0.2) is 0 Å². The minimum Gasteiger partial charge on any atom is -0.497 e. The summed E-state index contributed by atoms with van der Waals surface area (Å²) in [5.41, 5.74) is 2.30. The fourth-order valence-corrected chi connectivity index (χ4v) is 1.95. The topological polar surface area (TPSA) is 71.6 Å². The Balaban J connectivity index is 2.57. The summed E-state index contributed by atoms with van der Waals surface area (Å²) < 4.78 is 10.5. The lowest BCUT2D eigenvalue weighted by Crippen LogP contribution is -1.95. The van der Waals surface area contributed by atoms with E-state index in [1.54, 1.807) is 45.4 Å². The van der Waals surface area contributed by atoms with Crippen molar-refractivity contribution in [2.24, 2.45) is 0 Å². The standard InChI is InChI=1S/C14H15NO4/c1-8-10(14(16)17)7-12(15-8)11-6-9(18-2)4-5-13(11)19-3/h4-7,15H,1-3H3,(H,16,17). The molecule has 0 unspecified atom stereocenters. The van der Waals surface area contributed by atoms with Crippen LogP contribution in [-0.2, 0) is 0 Å². The molecule has 0 saturated carbocycles. The molecule has 0 bridgehead atoms. The van der Waals surface area contributed by atoms with Crippen LogP contribution in [0, 0.1) is 6.92 Å². The van der Waals surface area contributed by atoms with Gasteiger partial charge in [-0.1, -0.05) is 0 Å². The van der Waals surface area contributed by atoms with Crippen LogP contribution in [0.1, 0.15) is 16.1 Å². The molecule has 0 saturated heterocycles. The quantitative estimate of drug-likeness (QED) is 0.887. The van der Waals surface area contributed by atoms with Gasteiger partial charge in [-0.15, -0.1) is 0 Å². The number of carboxylic acids is 1. The number of aromatic nitrogens is 1. The highest BCUT2D eigenvalue weighted by Gasteiger charge is 2.15. The van der Waals surface area contributed by atoms with Crippen molar-refractivity contribution in [1.82, 2.24) is 4.98 Å². The SMILES string of the molecule is COc1ccc(OC)c(-c2cc(C(=O)O)c(C)[nH]2)c1. The lowest BCUT2D eigenvalue weighted by Gasteiger charge is -2.09. The van der Waals surface area contributed by atoms with Crippen LogP contribution in [0.4, 0.5) is 0 Å². The number of carboxylic acid groups (broad SMARTS) is 1. The largest absolute Gasteiger partial charge is 0.497 e. The van der Waals surface area contributed by atoms with Gasteiger partial charge < -0.3 is 19.6 Å². The average Bonchev–Trinajstić information content (AvgIpc) is 2.80. The first-order chi connectivity index (χ1) is 9.06. The van der Waals surface area contributed by atoms with E-state index in [1.807, 2.05) is 0 Å². The molecule has 0 aliphatic carbocycles. The number of aromatic carboxylic acids is 1. The predicted octanol–water partition coefficient (Wildman–Crippen LogP) is 2.71. The Kier molecular flexibility index (Phi) is 3.46. The second-order valence-electron chi connectivity index (χ2n) is 4.09. The van der Waals surface area contributed by atoms with E-state index in [9.17, 15) is 4.79 Å². The first-order valence-corrected chi connectivity index (χ1v) is 5.72. The second kappa shape index (κ2) is 5.06. The van der Waals surface area contributed by atoms with Gasteiger partial charge in [0.2, 0.25) is 0 Å². The van der Waals surface area contributed by atoms with E-state index < -0.39 is 5.97 Å². The molecular weight excluding hydrogens is 246 g/mol. The van der Waals surface area contributed by atoms with Gasteiger partial charge in [-0.2, -0.15) is 0 Å². The van der Waals surface area contributed by atoms with Crippen molar-refractivity contribution in [3.63, 3.8) is 0 Å². The van der Waals surface area contributed by atoms with Crippen LogP contribution >= 0.6 is 0 Å². The first-order valence-electron chi connectivity index (χ1n) is 5.72. The van der Waals surface area contributed by atoms with Crippen LogP contribution in [0.5, 0.6) is 11.5 Å². The fraction of sp³-hybridized carbons (Fsp3) is 0.214. The number of aromatic amines is 1. The number of H-pyrrole nitrogens is 1. The molecule has 0 radical (unpaired) electrons. The highest BCUT2D eigenvalue weighted by molar-refractivity contribution is 5.91. The molecule has 0 atom stereocenters. The molecule has 2 aromatic rings. The summed E-state index contributed by atoms with van der Waals surface area (Å²) >= 11 is 0. The van der Waals surface area contributed by atoms with Crippen molar-refractivity contribution in [3.8, 4) is 22.8 Å². The van der Waals surface area contributed by atoms with Crippen molar-refractivity contribution in [2.45, 2.75) is 6.92 Å². The lowest BCUT2D eigenvalue weighted by molar-refractivity contribution is 0.0696. The van der Waals surface area contributed by atoms with E-state index in [1.165, 1.54) is 0 Å². The molecule has 0 amide bonds. The van der Waals surface area contributed by atoms with E-state index in [0.29, 0.717) is 22.9 Å². The molecule has 0 spiro atoms. The summed E-state index contributed by atoms with van der Waals surface area (Å²) in [7, 11) is 3.15. The highest BCUT2D eigenvalue weighted by atomic mass is 16.5. The number of hydrogen-bond donors (Lipinski definition) is 2. The van der Waals surface area contributed by atoms with Crippen molar-refractivity contribution >= 4 is 5.97 Å². The Hall–Kier alpha value is -2.43. The van der Waals surface area contributed by atoms with Gasteiger partial charge in [-0.05, 0) is 31.2 Å². The number of hydrogen-bond acceptors (Lipinski definition) is 3. The number of methoxy groups -OCH3 is 2. The van der Waals surface area contributed by atoms with Gasteiger partial charge in [0, 0.05) is 11.3 Å². The van der Waals surface area contributed by atoms with Gasteiger partial charge in [-0.3, -0.25) is 0 Å². The van der Waals surface area contributed by atoms with Crippen LogP contribution in [0.3, 0.4) is 0 Å². The van der Waals surface area contributed by atoms with E-state index in [4.69, 9.17) is 14.6 Å². The maximum Gasteiger partial charge on any atom is 0.337 e. The summed E-state index contributed by atoms with van der Waals surface area (Å²) in [6.07, 6.45) is 0. The molecule has 0 fully saturated rings. The van der Waals surface area contributed by atoms with E-state index >= 15 is 0 Å². The third-order valence-electron chi connectivity index (χ3n) is 2.94. The Morgan fingerprint density at radius 3 is 2.47 bits per heavy atom. The number of ether oxygens (including phenoxy) is 2. The molecule has 2 rings (SSSR count). The molecular formula is C14H15NO4. The number of rotatable bonds is 4. The number of benzene rings is 1. The molecule has 1 aromatic heterocycles. The van der Waals surface area contributed by atoms with Crippen molar-refractivity contribution in [2.75, 3.05) is 14.2 Å². The molecule has 2 N–H and O–H groups in total. The maximum absolute atomic E-state index is 11.1. The zero-order valence-corrected chi connectivity index (χ0v) is 11.0. The molecule has 100 valence electrons. The monoisotopic (exact) mass is 261 g/mol. The molecule has 0 aliphatic heterocycles. The third kappa shape index (κ3) is 2.40. The van der Waals surface area contributed by atoms with Crippen molar-refractivity contribution in [3.05, 3.63) is 35.5 Å². The summed E-state index contributed by atoms with van der Waals surface area (Å²) in [5, 5.41) is 9.08. The fourth-order valence-electron chi connectivity index (χ4n) is 1.95. The second-order valence-corrected chi connectivity index (χ2v) is 4.09. The molecule has 19 heavy (non-hydrogen) atoms. The summed E-state index contributed by atoms with van der Waals surface area (Å²) in [6.45, 7) is 1.72. The van der Waals surface area contributed by atoms with Gasteiger partial charge in [0.05, 0.1) is 25.5 Å². The number of nitrogens with one attached hydrogen (secondary N) is 1.